The van der Waals surface area contributed by atoms with Gasteiger partial charge in [-0.2, -0.15) is 0 Å². The summed E-state index contributed by atoms with van der Waals surface area (Å²) in [5.74, 6) is 0. The number of amides is 3. The number of aryl methyl sites for hydroxylation is 1. The average molecular weight is 404 g/mol. The molecule has 2 rings (SSSR count). The molecule has 2 N–H and O–H groups in total. The Morgan fingerprint density at radius 2 is 1.82 bits per heavy atom. The molecule has 1 unspecified atom stereocenters. The summed E-state index contributed by atoms with van der Waals surface area (Å²) in [4.78, 5) is 25.7. The van der Waals surface area contributed by atoms with Gasteiger partial charge in [-0.05, 0) is 42.7 Å². The zero-order valence-corrected chi connectivity index (χ0v) is 17.1. The highest BCUT2D eigenvalue weighted by Gasteiger charge is 2.17. The number of urea groups is 1. The van der Waals surface area contributed by atoms with Crippen molar-refractivity contribution in [2.45, 2.75) is 32.9 Å². The predicted molar refractivity (Wildman–Crippen MR) is 112 cm³/mol. The summed E-state index contributed by atoms with van der Waals surface area (Å²) in [6, 6.07) is 14.3. The average Bonchev–Trinajstić information content (AvgIpc) is 2.71. The highest BCUT2D eigenvalue weighted by Crippen LogP contribution is 2.14. The first-order chi connectivity index (χ1) is 13.4. The molecule has 0 saturated carbocycles. The fourth-order valence-corrected chi connectivity index (χ4v) is 2.63. The van der Waals surface area contributed by atoms with Gasteiger partial charge in [-0.25, -0.2) is 9.59 Å². The number of benzene rings is 2. The van der Waals surface area contributed by atoms with Crippen LogP contribution < -0.4 is 10.6 Å². The first-order valence-corrected chi connectivity index (χ1v) is 9.55. The Bertz CT molecular complexity index is 796. The van der Waals surface area contributed by atoms with Crippen LogP contribution in [0.1, 0.15) is 25.0 Å². The number of rotatable bonds is 7. The topological polar surface area (TPSA) is 70.7 Å². The minimum Gasteiger partial charge on any atom is -0.447 e. The number of ether oxygens (including phenoxy) is 1. The Kier molecular flexibility index (Phi) is 8.14. The summed E-state index contributed by atoms with van der Waals surface area (Å²) >= 11 is 6.09. The van der Waals surface area contributed by atoms with E-state index >= 15 is 0 Å². The molecule has 2 aromatic carbocycles. The molecule has 6 nitrogen and oxygen atoms in total. The number of hydrogen-bond acceptors (Lipinski definition) is 3. The molecule has 0 spiro atoms. The minimum atomic E-state index is -0.555. The number of anilines is 1. The van der Waals surface area contributed by atoms with Crippen molar-refractivity contribution in [1.82, 2.24) is 10.2 Å². The van der Waals surface area contributed by atoms with Crippen molar-refractivity contribution in [2.75, 3.05) is 19.0 Å². The number of halogens is 1. The predicted octanol–water partition coefficient (Wildman–Crippen LogP) is 4.68. The fraction of sp³-hybridized carbons (Fsp3) is 0.333. The summed E-state index contributed by atoms with van der Waals surface area (Å²) < 4.78 is 5.22. The Hall–Kier alpha value is -2.73. The molecule has 3 amide bonds. The Labute approximate surface area is 170 Å². The second-order valence-electron chi connectivity index (χ2n) is 6.48. The molecule has 0 aliphatic carbocycles. The van der Waals surface area contributed by atoms with Crippen LogP contribution in [0.2, 0.25) is 5.02 Å². The zero-order chi connectivity index (χ0) is 20.5. The van der Waals surface area contributed by atoms with Gasteiger partial charge in [0.05, 0.1) is 6.04 Å². The second-order valence-corrected chi connectivity index (χ2v) is 6.89. The van der Waals surface area contributed by atoms with Crippen molar-refractivity contribution in [2.24, 2.45) is 0 Å². The van der Waals surface area contributed by atoms with Crippen molar-refractivity contribution < 1.29 is 14.3 Å². The fourth-order valence-electron chi connectivity index (χ4n) is 2.42. The van der Waals surface area contributed by atoms with Crippen LogP contribution in [-0.2, 0) is 17.7 Å². The molecule has 0 aliphatic heterocycles. The lowest BCUT2D eigenvalue weighted by Gasteiger charge is -2.25. The molecule has 0 heterocycles. The van der Waals surface area contributed by atoms with E-state index in [1.165, 1.54) is 10.5 Å². The molecule has 0 aliphatic rings. The maximum absolute atomic E-state index is 12.3. The third-order valence-electron chi connectivity index (χ3n) is 4.43. The van der Waals surface area contributed by atoms with Crippen LogP contribution in [0, 0.1) is 0 Å². The van der Waals surface area contributed by atoms with Gasteiger partial charge in [0.1, 0.15) is 6.61 Å². The molecule has 7 heteroatoms. The highest BCUT2D eigenvalue weighted by molar-refractivity contribution is 6.31. The highest BCUT2D eigenvalue weighted by atomic mass is 35.5. The SMILES string of the molecule is CCc1ccc(NC(=O)OCC(C)N(C)C(=O)NCc2ccccc2Cl)cc1. The van der Waals surface area contributed by atoms with E-state index in [1.807, 2.05) is 42.5 Å². The van der Waals surface area contributed by atoms with Crippen molar-refractivity contribution in [1.29, 1.82) is 0 Å². The molecule has 28 heavy (non-hydrogen) atoms. The second kappa shape index (κ2) is 10.6. The number of hydrogen-bond donors (Lipinski definition) is 2. The molecule has 0 saturated heterocycles. The van der Waals surface area contributed by atoms with Crippen LogP contribution in [0.4, 0.5) is 15.3 Å². The summed E-state index contributed by atoms with van der Waals surface area (Å²) in [7, 11) is 1.65. The summed E-state index contributed by atoms with van der Waals surface area (Å²) in [6.45, 7) is 4.27. The molecule has 0 fully saturated rings. The Balaban J connectivity index is 1.75. The van der Waals surface area contributed by atoms with Gasteiger partial charge in [0, 0.05) is 24.3 Å². The van der Waals surface area contributed by atoms with Gasteiger partial charge in [0.15, 0.2) is 0 Å². The summed E-state index contributed by atoms with van der Waals surface area (Å²) in [5, 5.41) is 6.08. The van der Waals surface area contributed by atoms with Gasteiger partial charge in [-0.15, -0.1) is 0 Å². The van der Waals surface area contributed by atoms with Crippen LogP contribution in [-0.4, -0.2) is 36.7 Å². The number of carbonyl (C=O) groups excluding carboxylic acids is 2. The first kappa shape index (κ1) is 21.6. The van der Waals surface area contributed by atoms with E-state index in [0.717, 1.165) is 12.0 Å². The number of nitrogens with zero attached hydrogens (tertiary/aromatic N) is 1. The monoisotopic (exact) mass is 403 g/mol. The Morgan fingerprint density at radius 1 is 1.14 bits per heavy atom. The maximum atomic E-state index is 12.3. The van der Waals surface area contributed by atoms with Gasteiger partial charge in [-0.1, -0.05) is 48.9 Å². The van der Waals surface area contributed by atoms with Gasteiger partial charge >= 0.3 is 12.1 Å². The standard InChI is InChI=1S/C21H26ClN3O3/c1-4-16-9-11-18(12-10-16)24-21(27)28-14-15(2)25(3)20(26)23-13-17-7-5-6-8-19(17)22/h5-12,15H,4,13-14H2,1-3H3,(H,23,26)(H,24,27). The molecule has 0 radical (unpaired) electrons. The first-order valence-electron chi connectivity index (χ1n) is 9.17. The van der Waals surface area contributed by atoms with Crippen LogP contribution >= 0.6 is 11.6 Å². The van der Waals surface area contributed by atoms with E-state index in [0.29, 0.717) is 17.3 Å². The van der Waals surface area contributed by atoms with Gasteiger partial charge < -0.3 is 15.0 Å². The smallest absolute Gasteiger partial charge is 0.411 e. The molecule has 150 valence electrons. The van der Waals surface area contributed by atoms with E-state index in [2.05, 4.69) is 17.6 Å². The zero-order valence-electron chi connectivity index (χ0n) is 16.4. The van der Waals surface area contributed by atoms with Crippen molar-refractivity contribution in [3.8, 4) is 0 Å². The number of carbonyl (C=O) groups is 2. The van der Waals surface area contributed by atoms with E-state index in [9.17, 15) is 9.59 Å². The van der Waals surface area contributed by atoms with Gasteiger partial charge in [0.25, 0.3) is 0 Å². The quantitative estimate of drug-likeness (QED) is 0.705. The van der Waals surface area contributed by atoms with Crippen LogP contribution in [0.3, 0.4) is 0 Å². The number of nitrogens with one attached hydrogen (secondary N) is 2. The van der Waals surface area contributed by atoms with Crippen LogP contribution in [0.5, 0.6) is 0 Å². The van der Waals surface area contributed by atoms with E-state index in [-0.39, 0.29) is 18.7 Å². The van der Waals surface area contributed by atoms with Crippen LogP contribution in [0.15, 0.2) is 48.5 Å². The lowest BCUT2D eigenvalue weighted by atomic mass is 10.1. The third-order valence-corrected chi connectivity index (χ3v) is 4.80. The molecule has 0 aromatic heterocycles. The van der Waals surface area contributed by atoms with Crippen molar-refractivity contribution in [3.63, 3.8) is 0 Å². The van der Waals surface area contributed by atoms with E-state index in [1.54, 1.807) is 20.0 Å². The lowest BCUT2D eigenvalue weighted by molar-refractivity contribution is 0.123. The summed E-state index contributed by atoms with van der Waals surface area (Å²) in [6.07, 6.45) is 0.383. The molecule has 1 atom stereocenters. The minimum absolute atomic E-state index is 0.0783. The number of likely N-dealkylation sites (N-methyl/N-ethyl adjacent to an activating group) is 1. The maximum Gasteiger partial charge on any atom is 0.411 e. The van der Waals surface area contributed by atoms with Crippen LogP contribution in [0.25, 0.3) is 0 Å². The lowest BCUT2D eigenvalue weighted by Crippen LogP contribution is -2.44. The van der Waals surface area contributed by atoms with Gasteiger partial charge in [-0.3, -0.25) is 5.32 Å². The van der Waals surface area contributed by atoms with Crippen molar-refractivity contribution in [3.05, 3.63) is 64.7 Å². The molecular weight excluding hydrogens is 378 g/mol. The molecule has 2 aromatic rings. The molecule has 0 bridgehead atoms. The largest absolute Gasteiger partial charge is 0.447 e. The van der Waals surface area contributed by atoms with E-state index in [4.69, 9.17) is 16.3 Å². The Morgan fingerprint density at radius 3 is 2.46 bits per heavy atom. The normalized spacial score (nSPS) is 11.4. The third kappa shape index (κ3) is 6.46. The summed E-state index contributed by atoms with van der Waals surface area (Å²) in [5.41, 5.74) is 2.70. The van der Waals surface area contributed by atoms with E-state index < -0.39 is 6.09 Å². The van der Waals surface area contributed by atoms with Crippen molar-refractivity contribution >= 4 is 29.4 Å². The molecular formula is C21H26ClN3O3. The van der Waals surface area contributed by atoms with Gasteiger partial charge in [0.2, 0.25) is 0 Å².